The van der Waals surface area contributed by atoms with Crippen LogP contribution >= 0.6 is 0 Å². The highest BCUT2D eigenvalue weighted by molar-refractivity contribution is 5.84. The van der Waals surface area contributed by atoms with Crippen molar-refractivity contribution >= 4 is 5.91 Å². The summed E-state index contributed by atoms with van der Waals surface area (Å²) < 4.78 is 10.9. The number of carbonyl (C=O) groups excluding carboxylic acids is 1. The van der Waals surface area contributed by atoms with Crippen molar-refractivity contribution in [2.24, 2.45) is 5.73 Å². The summed E-state index contributed by atoms with van der Waals surface area (Å²) in [6.07, 6.45) is 0.181. The Labute approximate surface area is 110 Å². The first kappa shape index (κ1) is 11.6. The third-order valence-corrected chi connectivity index (χ3v) is 3.05. The van der Waals surface area contributed by atoms with Crippen molar-refractivity contribution in [3.63, 3.8) is 0 Å². The first-order chi connectivity index (χ1) is 9.25. The summed E-state index contributed by atoms with van der Waals surface area (Å²) in [6.45, 7) is 0.204. The van der Waals surface area contributed by atoms with Crippen molar-refractivity contribution in [1.29, 1.82) is 0 Å². The molecular formula is C15H13NO3. The number of primary amides is 1. The van der Waals surface area contributed by atoms with Crippen molar-refractivity contribution < 1.29 is 14.3 Å². The van der Waals surface area contributed by atoms with E-state index >= 15 is 0 Å². The van der Waals surface area contributed by atoms with E-state index in [-0.39, 0.29) is 19.1 Å². The second-order valence-corrected chi connectivity index (χ2v) is 4.34. The lowest BCUT2D eigenvalue weighted by Gasteiger charge is -2.11. The van der Waals surface area contributed by atoms with Crippen LogP contribution in [-0.2, 0) is 11.2 Å². The molecule has 0 bridgehead atoms. The Kier molecular flexibility index (Phi) is 2.83. The summed E-state index contributed by atoms with van der Waals surface area (Å²) in [4.78, 5) is 11.2. The van der Waals surface area contributed by atoms with E-state index in [2.05, 4.69) is 0 Å². The molecule has 96 valence electrons. The fraction of sp³-hybridized carbons (Fsp3) is 0.133. The van der Waals surface area contributed by atoms with Gasteiger partial charge in [0.1, 0.15) is 0 Å². The van der Waals surface area contributed by atoms with Gasteiger partial charge in [0.05, 0.1) is 6.42 Å². The van der Waals surface area contributed by atoms with Crippen LogP contribution in [0.4, 0.5) is 0 Å². The van der Waals surface area contributed by atoms with Gasteiger partial charge in [0.15, 0.2) is 11.5 Å². The maximum Gasteiger partial charge on any atom is 0.231 e. The molecule has 1 heterocycles. The average molecular weight is 255 g/mol. The van der Waals surface area contributed by atoms with Gasteiger partial charge in [-0.25, -0.2) is 0 Å². The second-order valence-electron chi connectivity index (χ2n) is 4.34. The number of ether oxygens (including phenoxy) is 2. The molecular weight excluding hydrogens is 242 g/mol. The molecule has 2 aromatic carbocycles. The van der Waals surface area contributed by atoms with E-state index in [1.165, 1.54) is 0 Å². The fourth-order valence-electron chi connectivity index (χ4n) is 2.27. The molecule has 0 saturated carbocycles. The second kappa shape index (κ2) is 4.65. The van der Waals surface area contributed by atoms with E-state index in [9.17, 15) is 4.79 Å². The zero-order valence-electron chi connectivity index (χ0n) is 10.3. The number of nitrogens with two attached hydrogens (primary N) is 1. The van der Waals surface area contributed by atoms with Crippen LogP contribution in [0.2, 0.25) is 0 Å². The zero-order chi connectivity index (χ0) is 13.2. The van der Waals surface area contributed by atoms with E-state index in [1.54, 1.807) is 0 Å². The summed E-state index contributed by atoms with van der Waals surface area (Å²) in [5, 5.41) is 0. The Balaban J connectivity index is 2.19. The number of carbonyl (C=O) groups is 1. The smallest absolute Gasteiger partial charge is 0.231 e. The third-order valence-electron chi connectivity index (χ3n) is 3.05. The normalized spacial score (nSPS) is 12.4. The van der Waals surface area contributed by atoms with E-state index in [0.29, 0.717) is 11.5 Å². The van der Waals surface area contributed by atoms with Crippen molar-refractivity contribution in [2.75, 3.05) is 6.79 Å². The van der Waals surface area contributed by atoms with Gasteiger partial charge in [-0.1, -0.05) is 36.4 Å². The lowest BCUT2D eigenvalue weighted by Crippen LogP contribution is -2.14. The summed E-state index contributed by atoms with van der Waals surface area (Å²) in [6, 6.07) is 13.5. The molecule has 0 aromatic heterocycles. The fourth-order valence-corrected chi connectivity index (χ4v) is 2.27. The van der Waals surface area contributed by atoms with Gasteiger partial charge < -0.3 is 15.2 Å². The van der Waals surface area contributed by atoms with Crippen LogP contribution in [0.15, 0.2) is 42.5 Å². The van der Waals surface area contributed by atoms with E-state index in [1.807, 2.05) is 42.5 Å². The van der Waals surface area contributed by atoms with Crippen molar-refractivity contribution in [3.8, 4) is 22.6 Å². The lowest BCUT2D eigenvalue weighted by atomic mass is 9.96. The molecule has 19 heavy (non-hydrogen) atoms. The molecule has 0 radical (unpaired) electrons. The molecule has 0 atom stereocenters. The zero-order valence-corrected chi connectivity index (χ0v) is 10.3. The predicted molar refractivity (Wildman–Crippen MR) is 70.9 cm³/mol. The van der Waals surface area contributed by atoms with Crippen LogP contribution in [-0.4, -0.2) is 12.7 Å². The predicted octanol–water partition coefficient (Wildman–Crippen LogP) is 2.11. The van der Waals surface area contributed by atoms with Gasteiger partial charge >= 0.3 is 0 Å². The highest BCUT2D eigenvalue weighted by Crippen LogP contribution is 2.43. The van der Waals surface area contributed by atoms with Gasteiger partial charge in [0.2, 0.25) is 12.7 Å². The summed E-state index contributed by atoms with van der Waals surface area (Å²) >= 11 is 0. The molecule has 1 amide bonds. The molecule has 3 rings (SSSR count). The molecule has 0 saturated heterocycles. The Morgan fingerprint density at radius 3 is 2.63 bits per heavy atom. The molecule has 1 aliphatic heterocycles. The summed E-state index contributed by atoms with van der Waals surface area (Å²) in [5.74, 6) is 1.02. The van der Waals surface area contributed by atoms with Gasteiger partial charge in [-0.2, -0.15) is 0 Å². The van der Waals surface area contributed by atoms with Gasteiger partial charge in [0.25, 0.3) is 0 Å². The van der Waals surface area contributed by atoms with Crippen molar-refractivity contribution in [2.45, 2.75) is 6.42 Å². The molecule has 0 unspecified atom stereocenters. The topological polar surface area (TPSA) is 61.6 Å². The Bertz CT molecular complexity index is 623. The maximum atomic E-state index is 11.2. The van der Waals surface area contributed by atoms with Gasteiger partial charge in [0, 0.05) is 5.56 Å². The van der Waals surface area contributed by atoms with Gasteiger partial charge in [-0.15, -0.1) is 0 Å². The van der Waals surface area contributed by atoms with E-state index in [0.717, 1.165) is 16.7 Å². The van der Waals surface area contributed by atoms with Crippen LogP contribution < -0.4 is 15.2 Å². The third kappa shape index (κ3) is 2.12. The molecule has 4 heteroatoms. The minimum Gasteiger partial charge on any atom is -0.454 e. The lowest BCUT2D eigenvalue weighted by molar-refractivity contribution is -0.117. The van der Waals surface area contributed by atoms with Crippen molar-refractivity contribution in [3.05, 3.63) is 48.0 Å². The summed E-state index contributed by atoms with van der Waals surface area (Å²) in [7, 11) is 0. The number of benzene rings is 2. The monoisotopic (exact) mass is 255 g/mol. The Morgan fingerprint density at radius 1 is 1.11 bits per heavy atom. The van der Waals surface area contributed by atoms with Gasteiger partial charge in [-0.05, 0) is 17.2 Å². The summed E-state index contributed by atoms with van der Waals surface area (Å²) in [5.41, 5.74) is 8.03. The molecule has 0 fully saturated rings. The number of hydrogen-bond acceptors (Lipinski definition) is 3. The Morgan fingerprint density at radius 2 is 1.89 bits per heavy atom. The molecule has 4 nitrogen and oxygen atoms in total. The number of rotatable bonds is 3. The number of hydrogen-bond donors (Lipinski definition) is 1. The highest BCUT2D eigenvalue weighted by Gasteiger charge is 2.22. The maximum absolute atomic E-state index is 11.2. The molecule has 2 N–H and O–H groups in total. The Hall–Kier alpha value is -2.49. The van der Waals surface area contributed by atoms with Crippen LogP contribution in [0.3, 0.4) is 0 Å². The van der Waals surface area contributed by atoms with Crippen LogP contribution in [0.5, 0.6) is 11.5 Å². The first-order valence-electron chi connectivity index (χ1n) is 6.01. The van der Waals surface area contributed by atoms with E-state index in [4.69, 9.17) is 15.2 Å². The van der Waals surface area contributed by atoms with Gasteiger partial charge in [-0.3, -0.25) is 4.79 Å². The highest BCUT2D eigenvalue weighted by atomic mass is 16.7. The molecule has 0 aliphatic carbocycles. The largest absolute Gasteiger partial charge is 0.454 e. The van der Waals surface area contributed by atoms with Crippen LogP contribution in [0, 0.1) is 0 Å². The standard InChI is InChI=1S/C15H13NO3/c16-13(17)8-11-6-7-12-15(19-9-18-12)14(11)10-4-2-1-3-5-10/h1-7H,8-9H2,(H2,16,17). The first-order valence-corrected chi connectivity index (χ1v) is 6.01. The molecule has 0 spiro atoms. The minimum absolute atomic E-state index is 0.181. The molecule has 2 aromatic rings. The number of amides is 1. The SMILES string of the molecule is NC(=O)Cc1ccc2c(c1-c1ccccc1)OCO2. The van der Waals surface area contributed by atoms with E-state index < -0.39 is 0 Å². The van der Waals surface area contributed by atoms with Crippen molar-refractivity contribution in [1.82, 2.24) is 0 Å². The minimum atomic E-state index is -0.365. The van der Waals surface area contributed by atoms with Crippen LogP contribution in [0.25, 0.3) is 11.1 Å². The quantitative estimate of drug-likeness (QED) is 0.913. The molecule has 1 aliphatic rings. The van der Waals surface area contributed by atoms with Crippen LogP contribution in [0.1, 0.15) is 5.56 Å². The average Bonchev–Trinajstić information content (AvgIpc) is 2.87. The number of fused-ring (bicyclic) bond motifs is 1.